The molecule has 0 saturated carbocycles. The number of carboxylic acids is 1. The summed E-state index contributed by atoms with van der Waals surface area (Å²) in [7, 11) is 1.72. The summed E-state index contributed by atoms with van der Waals surface area (Å²) in [4.78, 5) is 13.1. The number of likely N-dealkylation sites (tertiary alicyclic amines) is 1. The van der Waals surface area contributed by atoms with Crippen LogP contribution in [0, 0.1) is 5.92 Å². The highest BCUT2D eigenvalue weighted by Gasteiger charge is 2.28. The summed E-state index contributed by atoms with van der Waals surface area (Å²) in [6, 6.07) is 3.37. The first-order chi connectivity index (χ1) is 8.61. The predicted octanol–water partition coefficient (Wildman–Crippen LogP) is 2.01. The minimum absolute atomic E-state index is 0.00416. The number of hydrogen-bond donors (Lipinski definition) is 1. The zero-order valence-corrected chi connectivity index (χ0v) is 10.8. The first kappa shape index (κ1) is 13.1. The molecule has 0 radical (unpaired) electrons. The van der Waals surface area contributed by atoms with Crippen LogP contribution in [0.25, 0.3) is 0 Å². The average molecular weight is 253 g/mol. The molecule has 0 aromatic carbocycles. The minimum Gasteiger partial charge on any atom is -0.475 e. The van der Waals surface area contributed by atoms with E-state index in [1.54, 1.807) is 13.2 Å². The number of ether oxygens (including phenoxy) is 1. The third kappa shape index (κ3) is 2.73. The molecular formula is C13H19NO4. The van der Waals surface area contributed by atoms with Crippen molar-refractivity contribution in [2.45, 2.75) is 19.4 Å². The molecule has 2 heterocycles. The van der Waals surface area contributed by atoms with Gasteiger partial charge in [-0.3, -0.25) is 4.90 Å². The van der Waals surface area contributed by atoms with Crippen molar-refractivity contribution in [1.82, 2.24) is 4.90 Å². The highest BCUT2D eigenvalue weighted by Crippen LogP contribution is 2.28. The Labute approximate surface area is 106 Å². The Morgan fingerprint density at radius 2 is 2.44 bits per heavy atom. The number of carboxylic acid groups (broad SMARTS) is 1. The molecule has 0 amide bonds. The van der Waals surface area contributed by atoms with Gasteiger partial charge in [0.2, 0.25) is 5.76 Å². The van der Waals surface area contributed by atoms with Gasteiger partial charge in [0.15, 0.2) is 0 Å². The smallest absolute Gasteiger partial charge is 0.371 e. The van der Waals surface area contributed by atoms with Gasteiger partial charge in [-0.25, -0.2) is 4.79 Å². The quantitative estimate of drug-likeness (QED) is 0.869. The van der Waals surface area contributed by atoms with E-state index in [-0.39, 0.29) is 11.8 Å². The lowest BCUT2D eigenvalue weighted by Gasteiger charge is -2.22. The van der Waals surface area contributed by atoms with Gasteiger partial charge in [-0.15, -0.1) is 0 Å². The Kier molecular flexibility index (Phi) is 4.04. The summed E-state index contributed by atoms with van der Waals surface area (Å²) in [6.07, 6.45) is 1.12. The van der Waals surface area contributed by atoms with E-state index < -0.39 is 5.97 Å². The molecule has 0 spiro atoms. The van der Waals surface area contributed by atoms with E-state index in [1.165, 1.54) is 6.07 Å². The van der Waals surface area contributed by atoms with Gasteiger partial charge in [0.1, 0.15) is 5.76 Å². The fourth-order valence-electron chi connectivity index (χ4n) is 2.46. The second-order valence-electron chi connectivity index (χ2n) is 4.79. The fourth-order valence-corrected chi connectivity index (χ4v) is 2.46. The Hall–Kier alpha value is -1.33. The van der Waals surface area contributed by atoms with Crippen LogP contribution in [0.3, 0.4) is 0 Å². The van der Waals surface area contributed by atoms with Crippen LogP contribution in [-0.4, -0.2) is 42.8 Å². The van der Waals surface area contributed by atoms with Gasteiger partial charge in [-0.1, -0.05) is 0 Å². The Balaban J connectivity index is 1.98. The normalized spacial score (nSPS) is 22.2. The van der Waals surface area contributed by atoms with Gasteiger partial charge < -0.3 is 14.3 Å². The number of aromatic carboxylic acids is 1. The van der Waals surface area contributed by atoms with Crippen LogP contribution >= 0.6 is 0 Å². The number of carbonyl (C=O) groups is 1. The highest BCUT2D eigenvalue weighted by molar-refractivity contribution is 5.84. The van der Waals surface area contributed by atoms with Gasteiger partial charge in [0.05, 0.1) is 12.6 Å². The van der Waals surface area contributed by atoms with E-state index in [1.807, 2.05) is 6.92 Å². The molecule has 0 aliphatic carbocycles. The molecule has 1 aliphatic rings. The molecule has 1 fully saturated rings. The van der Waals surface area contributed by atoms with Crippen molar-refractivity contribution in [1.29, 1.82) is 0 Å². The summed E-state index contributed by atoms with van der Waals surface area (Å²) >= 11 is 0. The molecular weight excluding hydrogens is 234 g/mol. The summed E-state index contributed by atoms with van der Waals surface area (Å²) in [5.74, 6) is 0.258. The minimum atomic E-state index is -1.02. The van der Waals surface area contributed by atoms with Crippen molar-refractivity contribution in [2.75, 3.05) is 26.8 Å². The number of rotatable bonds is 5. The Bertz CT molecular complexity index is 415. The van der Waals surface area contributed by atoms with E-state index in [9.17, 15) is 4.79 Å². The lowest BCUT2D eigenvalue weighted by atomic mass is 10.1. The first-order valence-electron chi connectivity index (χ1n) is 6.18. The molecule has 0 bridgehead atoms. The van der Waals surface area contributed by atoms with Crippen LogP contribution in [0.1, 0.15) is 35.7 Å². The summed E-state index contributed by atoms with van der Waals surface area (Å²) in [5, 5.41) is 8.83. The Morgan fingerprint density at radius 1 is 1.67 bits per heavy atom. The number of hydrogen-bond acceptors (Lipinski definition) is 4. The van der Waals surface area contributed by atoms with Gasteiger partial charge in [0.25, 0.3) is 0 Å². The molecule has 2 rings (SSSR count). The van der Waals surface area contributed by atoms with Crippen molar-refractivity contribution in [2.24, 2.45) is 5.92 Å². The van der Waals surface area contributed by atoms with Crippen LogP contribution in [0.5, 0.6) is 0 Å². The molecule has 1 aromatic rings. The first-order valence-corrected chi connectivity index (χ1v) is 6.18. The highest BCUT2D eigenvalue weighted by atomic mass is 16.5. The monoisotopic (exact) mass is 253 g/mol. The number of furan rings is 1. The maximum absolute atomic E-state index is 10.8. The largest absolute Gasteiger partial charge is 0.475 e. The lowest BCUT2D eigenvalue weighted by Crippen LogP contribution is -2.25. The van der Waals surface area contributed by atoms with E-state index in [0.717, 1.165) is 26.1 Å². The molecule has 5 heteroatoms. The van der Waals surface area contributed by atoms with Crippen molar-refractivity contribution in [3.63, 3.8) is 0 Å². The molecule has 5 nitrogen and oxygen atoms in total. The van der Waals surface area contributed by atoms with Crippen LogP contribution < -0.4 is 0 Å². The zero-order chi connectivity index (χ0) is 13.1. The third-order valence-corrected chi connectivity index (χ3v) is 3.52. The third-order valence-electron chi connectivity index (χ3n) is 3.52. The van der Waals surface area contributed by atoms with Crippen molar-refractivity contribution < 1.29 is 19.1 Å². The van der Waals surface area contributed by atoms with Crippen LogP contribution in [-0.2, 0) is 4.74 Å². The van der Waals surface area contributed by atoms with Gasteiger partial charge in [-0.2, -0.15) is 0 Å². The fraction of sp³-hybridized carbons (Fsp3) is 0.615. The van der Waals surface area contributed by atoms with E-state index in [2.05, 4.69) is 4.90 Å². The van der Waals surface area contributed by atoms with Crippen LogP contribution in [0.2, 0.25) is 0 Å². The second-order valence-corrected chi connectivity index (χ2v) is 4.79. The summed E-state index contributed by atoms with van der Waals surface area (Å²) < 4.78 is 10.5. The molecule has 1 N–H and O–H groups in total. The number of methoxy groups -OCH3 is 1. The summed E-state index contributed by atoms with van der Waals surface area (Å²) in [6.45, 7) is 4.79. The van der Waals surface area contributed by atoms with Gasteiger partial charge >= 0.3 is 5.97 Å². The predicted molar refractivity (Wildman–Crippen MR) is 65.6 cm³/mol. The molecule has 2 atom stereocenters. The van der Waals surface area contributed by atoms with Gasteiger partial charge in [0, 0.05) is 13.7 Å². The lowest BCUT2D eigenvalue weighted by molar-refractivity contribution is 0.0656. The maximum atomic E-state index is 10.8. The molecule has 18 heavy (non-hydrogen) atoms. The standard InChI is InChI=1S/C13H19NO4/c1-9(11-3-4-12(18-11)13(15)16)14-6-5-10(7-14)8-17-2/h3-4,9-10H,5-8H2,1-2H3,(H,15,16). The SMILES string of the molecule is COCC1CCN(C(C)c2ccc(C(=O)O)o2)C1. The van der Waals surface area contributed by atoms with Crippen molar-refractivity contribution >= 4 is 5.97 Å². The zero-order valence-electron chi connectivity index (χ0n) is 10.8. The molecule has 100 valence electrons. The molecule has 1 aliphatic heterocycles. The van der Waals surface area contributed by atoms with Crippen LogP contribution in [0.4, 0.5) is 0 Å². The van der Waals surface area contributed by atoms with E-state index >= 15 is 0 Å². The van der Waals surface area contributed by atoms with E-state index in [4.69, 9.17) is 14.3 Å². The number of nitrogens with zero attached hydrogens (tertiary/aromatic N) is 1. The van der Waals surface area contributed by atoms with Crippen LogP contribution in [0.15, 0.2) is 16.5 Å². The van der Waals surface area contributed by atoms with E-state index in [0.29, 0.717) is 11.7 Å². The second kappa shape index (κ2) is 5.54. The average Bonchev–Trinajstić information content (AvgIpc) is 2.97. The van der Waals surface area contributed by atoms with Crippen molar-refractivity contribution in [3.05, 3.63) is 23.7 Å². The Morgan fingerprint density at radius 3 is 3.06 bits per heavy atom. The molecule has 1 saturated heterocycles. The summed E-state index contributed by atoms with van der Waals surface area (Å²) in [5.41, 5.74) is 0. The maximum Gasteiger partial charge on any atom is 0.371 e. The molecule has 1 aromatic heterocycles. The van der Waals surface area contributed by atoms with Gasteiger partial charge in [-0.05, 0) is 37.9 Å². The topological polar surface area (TPSA) is 62.9 Å². The molecule has 2 unspecified atom stereocenters. The van der Waals surface area contributed by atoms with Crippen molar-refractivity contribution in [3.8, 4) is 0 Å².